The van der Waals surface area contributed by atoms with Gasteiger partial charge in [0.15, 0.2) is 11.6 Å². The first kappa shape index (κ1) is 20.7. The topological polar surface area (TPSA) is 73.1 Å². The summed E-state index contributed by atoms with van der Waals surface area (Å²) in [6.07, 6.45) is 6.35. The fraction of sp³-hybridized carbons (Fsp3) is 0.300. The van der Waals surface area contributed by atoms with Gasteiger partial charge in [0, 0.05) is 24.5 Å². The van der Waals surface area contributed by atoms with E-state index in [9.17, 15) is 9.18 Å². The number of nitrogens with zero attached hydrogens (tertiary/aromatic N) is 5. The van der Waals surface area contributed by atoms with Crippen molar-refractivity contribution in [2.24, 2.45) is 0 Å². The Bertz CT molecular complexity index is 1030. The first-order valence-electron chi connectivity index (χ1n) is 9.18. The van der Waals surface area contributed by atoms with Crippen LogP contribution in [0.25, 0.3) is 11.3 Å². The minimum atomic E-state index is -0.523. The number of aromatic nitrogens is 4. The Hall–Kier alpha value is -3.00. The van der Waals surface area contributed by atoms with Gasteiger partial charge in [0.05, 0.1) is 24.3 Å². The van der Waals surface area contributed by atoms with E-state index in [0.717, 1.165) is 18.5 Å². The van der Waals surface area contributed by atoms with Crippen LogP contribution in [0.4, 0.5) is 4.39 Å². The Kier molecular flexibility index (Phi) is 6.12. The van der Waals surface area contributed by atoms with Gasteiger partial charge in [-0.05, 0) is 31.5 Å². The third kappa shape index (κ3) is 3.93. The van der Waals surface area contributed by atoms with Crippen molar-refractivity contribution in [2.75, 3.05) is 6.54 Å². The number of carbonyl (C=O) groups is 1. The molecular formula is C20H21ClFN5O2. The highest BCUT2D eigenvalue weighted by Gasteiger charge is 2.32. The molecule has 0 unspecified atom stereocenters. The third-order valence-corrected chi connectivity index (χ3v) is 4.67. The van der Waals surface area contributed by atoms with E-state index in [1.54, 1.807) is 17.0 Å². The van der Waals surface area contributed by atoms with E-state index in [-0.39, 0.29) is 29.9 Å². The summed E-state index contributed by atoms with van der Waals surface area (Å²) in [5, 5.41) is 0. The van der Waals surface area contributed by atoms with Gasteiger partial charge in [-0.2, -0.15) is 0 Å². The van der Waals surface area contributed by atoms with E-state index in [4.69, 9.17) is 4.74 Å². The number of imidazole rings is 1. The standard InChI is InChI=1S/C20H20FN5O2.ClH/c1-3-4-9-25-12-26-18(13(2)24-19(26)20(25)27)14-5-6-16(15(21)10-14)28-17-11-22-7-8-23-17;/h5-8,10-11H,3-4,9,12H2,1-2H3;1H. The van der Waals surface area contributed by atoms with Crippen LogP contribution in [-0.2, 0) is 6.67 Å². The smallest absolute Gasteiger partial charge is 0.291 e. The molecule has 1 amide bonds. The van der Waals surface area contributed by atoms with E-state index in [0.29, 0.717) is 30.3 Å². The summed E-state index contributed by atoms with van der Waals surface area (Å²) in [5.74, 6) is 0.0801. The molecule has 1 aliphatic rings. The van der Waals surface area contributed by atoms with E-state index in [2.05, 4.69) is 21.9 Å². The van der Waals surface area contributed by atoms with Crippen LogP contribution in [0.3, 0.4) is 0 Å². The molecule has 152 valence electrons. The number of unbranched alkanes of at least 4 members (excludes halogenated alkanes) is 1. The normalized spacial score (nSPS) is 12.7. The molecule has 9 heteroatoms. The number of hydrogen-bond donors (Lipinski definition) is 0. The highest BCUT2D eigenvalue weighted by Crippen LogP contribution is 2.32. The molecule has 0 bridgehead atoms. The fourth-order valence-electron chi connectivity index (χ4n) is 3.32. The maximum atomic E-state index is 14.7. The second-order valence-corrected chi connectivity index (χ2v) is 6.65. The van der Waals surface area contributed by atoms with E-state index < -0.39 is 5.82 Å². The van der Waals surface area contributed by atoms with Crippen molar-refractivity contribution in [1.29, 1.82) is 0 Å². The van der Waals surface area contributed by atoms with Crippen LogP contribution in [0.15, 0.2) is 36.8 Å². The summed E-state index contributed by atoms with van der Waals surface area (Å²) in [6.45, 7) is 5.04. The van der Waals surface area contributed by atoms with Gasteiger partial charge in [0.2, 0.25) is 11.7 Å². The number of amides is 1. The molecule has 3 heterocycles. The zero-order valence-corrected chi connectivity index (χ0v) is 16.9. The molecule has 3 aromatic rings. The van der Waals surface area contributed by atoms with Crippen molar-refractivity contribution in [3.05, 3.63) is 54.1 Å². The zero-order valence-electron chi connectivity index (χ0n) is 16.1. The molecule has 0 atom stereocenters. The first-order valence-corrected chi connectivity index (χ1v) is 9.18. The highest BCUT2D eigenvalue weighted by atomic mass is 35.5. The predicted molar refractivity (Wildman–Crippen MR) is 108 cm³/mol. The van der Waals surface area contributed by atoms with Crippen LogP contribution < -0.4 is 4.74 Å². The lowest BCUT2D eigenvalue weighted by atomic mass is 10.1. The molecule has 0 spiro atoms. The van der Waals surface area contributed by atoms with Gasteiger partial charge >= 0.3 is 0 Å². The third-order valence-electron chi connectivity index (χ3n) is 4.67. The minimum absolute atomic E-state index is 0. The molecule has 0 fully saturated rings. The Morgan fingerprint density at radius 3 is 2.79 bits per heavy atom. The Morgan fingerprint density at radius 2 is 2.10 bits per heavy atom. The van der Waals surface area contributed by atoms with Gasteiger partial charge in [-0.15, -0.1) is 12.4 Å². The van der Waals surface area contributed by atoms with Crippen molar-refractivity contribution in [1.82, 2.24) is 24.4 Å². The number of rotatable bonds is 6. The number of ether oxygens (including phenoxy) is 1. The minimum Gasteiger partial charge on any atom is -0.434 e. The van der Waals surface area contributed by atoms with Gasteiger partial charge in [-0.25, -0.2) is 14.4 Å². The van der Waals surface area contributed by atoms with Gasteiger partial charge < -0.3 is 14.2 Å². The molecule has 0 N–H and O–H groups in total. The van der Waals surface area contributed by atoms with Crippen molar-refractivity contribution < 1.29 is 13.9 Å². The Labute approximate surface area is 174 Å². The number of aryl methyl sites for hydroxylation is 1. The number of benzene rings is 1. The largest absolute Gasteiger partial charge is 0.434 e. The molecule has 0 saturated heterocycles. The van der Waals surface area contributed by atoms with Crippen LogP contribution in [-0.4, -0.2) is 36.9 Å². The lowest BCUT2D eigenvalue weighted by molar-refractivity contribution is 0.0763. The van der Waals surface area contributed by atoms with Gasteiger partial charge in [-0.3, -0.25) is 9.78 Å². The average Bonchev–Trinajstić information content (AvgIpc) is 3.17. The highest BCUT2D eigenvalue weighted by molar-refractivity contribution is 5.94. The Balaban J connectivity index is 0.00000240. The summed E-state index contributed by atoms with van der Waals surface area (Å²) in [7, 11) is 0. The number of fused-ring (bicyclic) bond motifs is 1. The van der Waals surface area contributed by atoms with Crippen LogP contribution in [0.1, 0.15) is 36.1 Å². The first-order chi connectivity index (χ1) is 13.6. The molecule has 7 nitrogen and oxygen atoms in total. The maximum Gasteiger partial charge on any atom is 0.291 e. The second-order valence-electron chi connectivity index (χ2n) is 6.65. The van der Waals surface area contributed by atoms with Crippen LogP contribution in [0.5, 0.6) is 11.6 Å². The summed E-state index contributed by atoms with van der Waals surface area (Å²) < 4.78 is 22.0. The number of carbonyl (C=O) groups excluding carboxylic acids is 1. The lowest BCUT2D eigenvalue weighted by Crippen LogP contribution is -2.26. The van der Waals surface area contributed by atoms with Crippen molar-refractivity contribution in [2.45, 2.75) is 33.4 Å². The van der Waals surface area contributed by atoms with E-state index in [1.807, 2.05) is 11.5 Å². The van der Waals surface area contributed by atoms with E-state index in [1.165, 1.54) is 24.7 Å². The molecule has 0 radical (unpaired) electrons. The molecule has 1 aliphatic heterocycles. The van der Waals surface area contributed by atoms with Crippen LogP contribution in [0, 0.1) is 12.7 Å². The lowest BCUT2D eigenvalue weighted by Gasteiger charge is -2.16. The fourth-order valence-corrected chi connectivity index (χ4v) is 3.32. The molecule has 1 aromatic carbocycles. The summed E-state index contributed by atoms with van der Waals surface area (Å²) in [5.41, 5.74) is 2.08. The van der Waals surface area contributed by atoms with Gasteiger partial charge in [-0.1, -0.05) is 13.3 Å². The Morgan fingerprint density at radius 1 is 1.28 bits per heavy atom. The van der Waals surface area contributed by atoms with Gasteiger partial charge in [0.25, 0.3) is 5.91 Å². The average molecular weight is 418 g/mol. The number of halogens is 2. The molecule has 0 aliphatic carbocycles. The molecular weight excluding hydrogens is 397 g/mol. The molecule has 4 rings (SSSR count). The number of hydrogen-bond acceptors (Lipinski definition) is 5. The zero-order chi connectivity index (χ0) is 19.7. The van der Waals surface area contributed by atoms with Gasteiger partial charge in [0.1, 0.15) is 0 Å². The molecule has 0 saturated carbocycles. The van der Waals surface area contributed by atoms with E-state index >= 15 is 0 Å². The molecule has 2 aromatic heterocycles. The van der Waals surface area contributed by atoms with Crippen LogP contribution >= 0.6 is 12.4 Å². The van der Waals surface area contributed by atoms with Crippen molar-refractivity contribution in [3.8, 4) is 22.9 Å². The summed E-state index contributed by atoms with van der Waals surface area (Å²) >= 11 is 0. The summed E-state index contributed by atoms with van der Waals surface area (Å²) in [4.78, 5) is 26.6. The second kappa shape index (κ2) is 8.57. The van der Waals surface area contributed by atoms with Crippen LogP contribution in [0.2, 0.25) is 0 Å². The quantitative estimate of drug-likeness (QED) is 0.600. The maximum absolute atomic E-state index is 14.7. The molecule has 29 heavy (non-hydrogen) atoms. The monoisotopic (exact) mass is 417 g/mol. The predicted octanol–water partition coefficient (Wildman–Crippen LogP) is 4.22. The summed E-state index contributed by atoms with van der Waals surface area (Å²) in [6, 6.07) is 4.69. The SMILES string of the molecule is CCCCN1Cn2c(nc(C)c2-c2ccc(Oc3cnccn3)c(F)c2)C1=O.Cl. The van der Waals surface area contributed by atoms with Crippen molar-refractivity contribution in [3.63, 3.8) is 0 Å². The van der Waals surface area contributed by atoms with Crippen molar-refractivity contribution >= 4 is 18.3 Å².